The number of nitrogens with zero attached hydrogens (tertiary/aromatic N) is 3. The van der Waals surface area contributed by atoms with E-state index < -0.39 is 5.60 Å². The van der Waals surface area contributed by atoms with Crippen LogP contribution in [0.1, 0.15) is 25.8 Å². The van der Waals surface area contributed by atoms with Crippen LogP contribution in [0.3, 0.4) is 0 Å². The first-order chi connectivity index (χ1) is 9.26. The van der Waals surface area contributed by atoms with Crippen LogP contribution in [0.2, 0.25) is 0 Å². The molecule has 1 amide bonds. The molecule has 1 aliphatic rings. The van der Waals surface area contributed by atoms with E-state index in [9.17, 15) is 4.79 Å². The first kappa shape index (κ1) is 14.9. The van der Waals surface area contributed by atoms with Gasteiger partial charge in [0.25, 0.3) is 0 Å². The number of rotatable bonds is 1. The Morgan fingerprint density at radius 1 is 1.30 bits per heavy atom. The van der Waals surface area contributed by atoms with Crippen LogP contribution in [0.15, 0.2) is 0 Å². The number of aromatic nitrogens is 1. The molecule has 0 atom stereocenters. The molecule has 0 bridgehead atoms. The van der Waals surface area contributed by atoms with E-state index in [1.807, 2.05) is 27.7 Å². The summed E-state index contributed by atoms with van der Waals surface area (Å²) in [5, 5.41) is 1.71. The number of nitrogens with two attached hydrogens (primary N) is 1. The van der Waals surface area contributed by atoms with Gasteiger partial charge in [0.2, 0.25) is 0 Å². The Labute approximate surface area is 123 Å². The molecule has 1 aromatic heterocycles. The molecule has 1 fully saturated rings. The highest BCUT2D eigenvalue weighted by Crippen LogP contribution is 2.29. The van der Waals surface area contributed by atoms with Gasteiger partial charge in [0.15, 0.2) is 5.82 Å². The van der Waals surface area contributed by atoms with Crippen molar-refractivity contribution in [2.45, 2.75) is 33.3 Å². The molecule has 0 radical (unpaired) electrons. The number of amides is 1. The van der Waals surface area contributed by atoms with Crippen molar-refractivity contribution >= 4 is 28.2 Å². The van der Waals surface area contributed by atoms with Gasteiger partial charge in [-0.15, -0.1) is 0 Å². The zero-order chi connectivity index (χ0) is 14.9. The van der Waals surface area contributed by atoms with Crippen LogP contribution in [0.5, 0.6) is 0 Å². The molecule has 0 unspecified atom stereocenters. The van der Waals surface area contributed by atoms with Crippen LogP contribution in [-0.4, -0.2) is 47.8 Å². The van der Waals surface area contributed by atoms with Gasteiger partial charge in [-0.2, -0.15) is 0 Å². The highest BCUT2D eigenvalue weighted by molar-refractivity contribution is 7.16. The second-order valence-electron chi connectivity index (χ2n) is 5.88. The van der Waals surface area contributed by atoms with Gasteiger partial charge in [-0.25, -0.2) is 9.78 Å². The van der Waals surface area contributed by atoms with E-state index in [0.717, 1.165) is 28.9 Å². The molecule has 6 nitrogen and oxygen atoms in total. The van der Waals surface area contributed by atoms with Crippen molar-refractivity contribution in [3.8, 4) is 0 Å². The zero-order valence-corrected chi connectivity index (χ0v) is 13.3. The van der Waals surface area contributed by atoms with Crippen molar-refractivity contribution in [1.82, 2.24) is 9.88 Å². The molecule has 1 saturated heterocycles. The van der Waals surface area contributed by atoms with Crippen LogP contribution in [0.25, 0.3) is 0 Å². The Hall–Kier alpha value is -1.50. The third kappa shape index (κ3) is 3.53. The van der Waals surface area contributed by atoms with Gasteiger partial charge in [-0.1, -0.05) is 11.3 Å². The van der Waals surface area contributed by atoms with Crippen LogP contribution in [0, 0.1) is 6.92 Å². The Morgan fingerprint density at radius 3 is 2.35 bits per heavy atom. The third-order valence-electron chi connectivity index (χ3n) is 2.97. The van der Waals surface area contributed by atoms with E-state index in [1.165, 1.54) is 11.3 Å². The molecule has 0 spiro atoms. The topological polar surface area (TPSA) is 71.7 Å². The molecule has 7 heteroatoms. The van der Waals surface area contributed by atoms with Crippen LogP contribution >= 0.6 is 11.3 Å². The van der Waals surface area contributed by atoms with Gasteiger partial charge < -0.3 is 20.3 Å². The summed E-state index contributed by atoms with van der Waals surface area (Å²) in [6.45, 7) is 10.3. The number of anilines is 2. The van der Waals surface area contributed by atoms with Crippen molar-refractivity contribution in [3.05, 3.63) is 5.01 Å². The van der Waals surface area contributed by atoms with Crippen LogP contribution in [-0.2, 0) is 4.74 Å². The number of carbonyl (C=O) groups excluding carboxylic acids is 1. The van der Waals surface area contributed by atoms with Gasteiger partial charge in [0, 0.05) is 26.2 Å². The van der Waals surface area contributed by atoms with Crippen LogP contribution < -0.4 is 10.6 Å². The smallest absolute Gasteiger partial charge is 0.410 e. The standard InChI is InChI=1S/C13H22N4O2S/c1-9-15-11(10(14)20-9)16-5-7-17(8-6-16)12(18)19-13(2,3)4/h5-8,14H2,1-4H3. The van der Waals surface area contributed by atoms with Gasteiger partial charge >= 0.3 is 6.09 Å². The van der Waals surface area contributed by atoms with Crippen molar-refractivity contribution in [2.24, 2.45) is 0 Å². The summed E-state index contributed by atoms with van der Waals surface area (Å²) in [4.78, 5) is 20.3. The average molecular weight is 298 g/mol. The van der Waals surface area contributed by atoms with Crippen molar-refractivity contribution in [3.63, 3.8) is 0 Å². The summed E-state index contributed by atoms with van der Waals surface area (Å²) < 4.78 is 5.38. The number of nitrogen functional groups attached to an aromatic ring is 1. The SMILES string of the molecule is Cc1nc(N2CCN(C(=O)OC(C)(C)C)CC2)c(N)s1. The lowest BCUT2D eigenvalue weighted by molar-refractivity contribution is 0.0240. The van der Waals surface area contributed by atoms with Gasteiger partial charge in [0.1, 0.15) is 10.6 Å². The number of hydrogen-bond donors (Lipinski definition) is 1. The number of aryl methyl sites for hydroxylation is 1. The van der Waals surface area contributed by atoms with Crippen LogP contribution in [0.4, 0.5) is 15.6 Å². The Kier molecular flexibility index (Phi) is 4.08. The minimum absolute atomic E-state index is 0.250. The molecule has 2 N–H and O–H groups in total. The van der Waals surface area contributed by atoms with E-state index in [-0.39, 0.29) is 6.09 Å². The Bertz CT molecular complexity index is 487. The van der Waals surface area contributed by atoms with Gasteiger partial charge in [-0.3, -0.25) is 0 Å². The Balaban J connectivity index is 1.92. The molecule has 112 valence electrons. The van der Waals surface area contributed by atoms with E-state index >= 15 is 0 Å². The second kappa shape index (κ2) is 5.47. The minimum Gasteiger partial charge on any atom is -0.444 e. The van der Waals surface area contributed by atoms with Gasteiger partial charge in [-0.05, 0) is 27.7 Å². The maximum absolute atomic E-state index is 12.0. The Morgan fingerprint density at radius 2 is 1.90 bits per heavy atom. The number of piperazine rings is 1. The molecule has 0 aliphatic carbocycles. The normalized spacial score (nSPS) is 16.4. The fourth-order valence-electron chi connectivity index (χ4n) is 2.09. The lowest BCUT2D eigenvalue weighted by atomic mass is 10.2. The molecular formula is C13H22N4O2S. The number of carbonyl (C=O) groups is 1. The maximum atomic E-state index is 12.0. The third-order valence-corrected chi connectivity index (χ3v) is 3.76. The second-order valence-corrected chi connectivity index (χ2v) is 7.11. The molecule has 20 heavy (non-hydrogen) atoms. The van der Waals surface area contributed by atoms with E-state index in [1.54, 1.807) is 4.90 Å². The quantitative estimate of drug-likeness (QED) is 0.859. The first-order valence-electron chi connectivity index (χ1n) is 6.72. The summed E-state index contributed by atoms with van der Waals surface area (Å²) >= 11 is 1.50. The lowest BCUT2D eigenvalue weighted by Gasteiger charge is -2.35. The predicted octanol–water partition coefficient (Wildman–Crippen LogP) is 2.09. The summed E-state index contributed by atoms with van der Waals surface area (Å²) in [5.41, 5.74) is 5.51. The van der Waals surface area contributed by atoms with Crippen molar-refractivity contribution in [1.29, 1.82) is 0 Å². The van der Waals surface area contributed by atoms with Crippen molar-refractivity contribution in [2.75, 3.05) is 36.8 Å². The van der Waals surface area contributed by atoms with E-state index in [0.29, 0.717) is 13.1 Å². The summed E-state index contributed by atoms with van der Waals surface area (Å²) in [6.07, 6.45) is -0.250. The molecule has 0 saturated carbocycles. The fraction of sp³-hybridized carbons (Fsp3) is 0.692. The maximum Gasteiger partial charge on any atom is 0.410 e. The first-order valence-corrected chi connectivity index (χ1v) is 7.54. The highest BCUT2D eigenvalue weighted by atomic mass is 32.1. The molecular weight excluding hydrogens is 276 g/mol. The fourth-order valence-corrected chi connectivity index (χ4v) is 2.80. The molecule has 2 heterocycles. The molecule has 0 aromatic carbocycles. The predicted molar refractivity (Wildman–Crippen MR) is 81.3 cm³/mol. The highest BCUT2D eigenvalue weighted by Gasteiger charge is 2.27. The zero-order valence-electron chi connectivity index (χ0n) is 12.5. The lowest BCUT2D eigenvalue weighted by Crippen LogP contribution is -2.50. The average Bonchev–Trinajstić information content (AvgIpc) is 2.66. The summed E-state index contributed by atoms with van der Waals surface area (Å²) in [7, 11) is 0. The number of hydrogen-bond acceptors (Lipinski definition) is 6. The molecule has 1 aromatic rings. The van der Waals surface area contributed by atoms with E-state index in [4.69, 9.17) is 10.5 Å². The minimum atomic E-state index is -0.454. The number of thiazole rings is 1. The van der Waals surface area contributed by atoms with Gasteiger partial charge in [0.05, 0.1) is 5.01 Å². The van der Waals surface area contributed by atoms with E-state index in [2.05, 4.69) is 9.88 Å². The monoisotopic (exact) mass is 298 g/mol. The number of ether oxygens (including phenoxy) is 1. The van der Waals surface area contributed by atoms with Crippen molar-refractivity contribution < 1.29 is 9.53 Å². The summed E-state index contributed by atoms with van der Waals surface area (Å²) in [5.74, 6) is 0.844. The molecule has 1 aliphatic heterocycles. The summed E-state index contributed by atoms with van der Waals surface area (Å²) in [6, 6.07) is 0. The largest absolute Gasteiger partial charge is 0.444 e. The molecule has 2 rings (SSSR count).